The zero-order valence-corrected chi connectivity index (χ0v) is 14.9. The maximum absolute atomic E-state index is 14.0. The molecule has 0 unspecified atom stereocenters. The molecule has 0 spiro atoms. The summed E-state index contributed by atoms with van der Waals surface area (Å²) in [6, 6.07) is 5.15. The molecular weight excluding hydrogens is 313 g/mol. The zero-order chi connectivity index (χ0) is 18.3. The second kappa shape index (κ2) is 8.75. The van der Waals surface area contributed by atoms with Gasteiger partial charge in [-0.15, -0.1) is 0 Å². The molecule has 0 bridgehead atoms. The Morgan fingerprint density at radius 1 is 1.33 bits per heavy atom. The Balaban J connectivity index is 2.77. The molecule has 2 amide bonds. The van der Waals surface area contributed by atoms with E-state index in [4.69, 9.17) is 4.74 Å². The standard InChI is InChI=1S/C17H26FN3O3/c1-12(15(22)19-10-11-21(3)4)20-16(23)17(2,24-5)13-8-6-7-9-14(13)18/h6-9,12H,10-11H2,1-5H3,(H,19,22)(H,20,23)/t12-,17+/m0/s1. The molecule has 2 atom stereocenters. The Hall–Kier alpha value is -1.99. The van der Waals surface area contributed by atoms with Crippen LogP contribution >= 0.6 is 0 Å². The molecule has 1 rings (SSSR count). The van der Waals surface area contributed by atoms with Gasteiger partial charge in [-0.2, -0.15) is 0 Å². The minimum absolute atomic E-state index is 0.116. The first-order chi connectivity index (χ1) is 11.2. The van der Waals surface area contributed by atoms with E-state index in [0.717, 1.165) is 0 Å². The number of hydrogen-bond acceptors (Lipinski definition) is 4. The molecular formula is C17H26FN3O3. The fourth-order valence-electron chi connectivity index (χ4n) is 2.13. The first kappa shape index (κ1) is 20.1. The Morgan fingerprint density at radius 2 is 1.96 bits per heavy atom. The quantitative estimate of drug-likeness (QED) is 0.737. The molecule has 0 heterocycles. The van der Waals surface area contributed by atoms with Crippen molar-refractivity contribution in [1.29, 1.82) is 0 Å². The molecule has 6 nitrogen and oxygen atoms in total. The van der Waals surface area contributed by atoms with E-state index in [9.17, 15) is 14.0 Å². The highest BCUT2D eigenvalue weighted by molar-refractivity contribution is 5.91. The van der Waals surface area contributed by atoms with Crippen LogP contribution in [0.25, 0.3) is 0 Å². The number of rotatable bonds is 8. The number of hydrogen-bond donors (Lipinski definition) is 2. The van der Waals surface area contributed by atoms with Gasteiger partial charge in [0.05, 0.1) is 0 Å². The summed E-state index contributed by atoms with van der Waals surface area (Å²) in [6.45, 7) is 4.20. The summed E-state index contributed by atoms with van der Waals surface area (Å²) >= 11 is 0. The van der Waals surface area contributed by atoms with E-state index in [2.05, 4.69) is 10.6 Å². The van der Waals surface area contributed by atoms with Gasteiger partial charge in [0, 0.05) is 25.8 Å². The van der Waals surface area contributed by atoms with E-state index in [-0.39, 0.29) is 11.5 Å². The number of carbonyl (C=O) groups excluding carboxylic acids is 2. The topological polar surface area (TPSA) is 70.7 Å². The number of nitrogens with zero attached hydrogens (tertiary/aromatic N) is 1. The van der Waals surface area contributed by atoms with E-state index >= 15 is 0 Å². The third kappa shape index (κ3) is 5.01. The lowest BCUT2D eigenvalue weighted by atomic mass is 9.93. The fourth-order valence-corrected chi connectivity index (χ4v) is 2.13. The van der Waals surface area contributed by atoms with Crippen LogP contribution in [0, 0.1) is 5.82 Å². The van der Waals surface area contributed by atoms with Crippen LogP contribution in [0.1, 0.15) is 19.4 Å². The van der Waals surface area contributed by atoms with Gasteiger partial charge in [-0.3, -0.25) is 9.59 Å². The summed E-state index contributed by atoms with van der Waals surface area (Å²) < 4.78 is 19.3. The fraction of sp³-hybridized carbons (Fsp3) is 0.529. The number of ether oxygens (including phenoxy) is 1. The van der Waals surface area contributed by atoms with Gasteiger partial charge in [0.25, 0.3) is 5.91 Å². The van der Waals surface area contributed by atoms with Gasteiger partial charge in [0.15, 0.2) is 5.60 Å². The van der Waals surface area contributed by atoms with E-state index in [0.29, 0.717) is 13.1 Å². The smallest absolute Gasteiger partial charge is 0.257 e. The van der Waals surface area contributed by atoms with Crippen LogP contribution in [-0.4, -0.2) is 57.1 Å². The summed E-state index contributed by atoms with van der Waals surface area (Å²) in [5.41, 5.74) is -1.41. The van der Waals surface area contributed by atoms with E-state index in [1.807, 2.05) is 19.0 Å². The molecule has 0 aliphatic heterocycles. The average Bonchev–Trinajstić information content (AvgIpc) is 2.53. The van der Waals surface area contributed by atoms with Gasteiger partial charge in [-0.25, -0.2) is 4.39 Å². The number of nitrogens with one attached hydrogen (secondary N) is 2. The van der Waals surface area contributed by atoms with Crippen LogP contribution in [0.3, 0.4) is 0 Å². The molecule has 0 aliphatic rings. The van der Waals surface area contributed by atoms with Gasteiger partial charge in [-0.1, -0.05) is 18.2 Å². The van der Waals surface area contributed by atoms with Crippen LogP contribution in [-0.2, 0) is 19.9 Å². The molecule has 0 saturated carbocycles. The normalized spacial score (nSPS) is 14.8. The van der Waals surface area contributed by atoms with Gasteiger partial charge >= 0.3 is 0 Å². The zero-order valence-electron chi connectivity index (χ0n) is 14.9. The largest absolute Gasteiger partial charge is 0.364 e. The highest BCUT2D eigenvalue weighted by Crippen LogP contribution is 2.27. The molecule has 0 aliphatic carbocycles. The van der Waals surface area contributed by atoms with E-state index in [1.165, 1.54) is 32.2 Å². The number of amides is 2. The molecule has 0 aromatic heterocycles. The van der Waals surface area contributed by atoms with Crippen LogP contribution in [0.4, 0.5) is 4.39 Å². The van der Waals surface area contributed by atoms with Crippen LogP contribution in [0.2, 0.25) is 0 Å². The van der Waals surface area contributed by atoms with Crippen LogP contribution in [0.5, 0.6) is 0 Å². The molecule has 0 saturated heterocycles. The van der Waals surface area contributed by atoms with Crippen molar-refractivity contribution in [1.82, 2.24) is 15.5 Å². The molecule has 0 radical (unpaired) electrons. The number of carbonyl (C=O) groups is 2. The third-order valence-electron chi connectivity index (χ3n) is 3.83. The second-order valence-corrected chi connectivity index (χ2v) is 6.01. The van der Waals surface area contributed by atoms with Crippen LogP contribution < -0.4 is 10.6 Å². The number of likely N-dealkylation sites (N-methyl/N-ethyl adjacent to an activating group) is 1. The van der Waals surface area contributed by atoms with Crippen molar-refractivity contribution in [3.8, 4) is 0 Å². The van der Waals surface area contributed by atoms with Crippen molar-refractivity contribution in [2.24, 2.45) is 0 Å². The highest BCUT2D eigenvalue weighted by atomic mass is 19.1. The summed E-state index contributed by atoms with van der Waals surface area (Å²) in [5, 5.41) is 5.31. The Labute approximate surface area is 142 Å². The second-order valence-electron chi connectivity index (χ2n) is 6.01. The van der Waals surface area contributed by atoms with Crippen molar-refractivity contribution in [2.45, 2.75) is 25.5 Å². The SMILES string of the molecule is CO[C@@](C)(C(=O)N[C@@H](C)C(=O)NCCN(C)C)c1ccccc1F. The monoisotopic (exact) mass is 339 g/mol. The number of benzene rings is 1. The Morgan fingerprint density at radius 3 is 2.50 bits per heavy atom. The summed E-state index contributed by atoms with van der Waals surface area (Å²) in [6.07, 6.45) is 0. The first-order valence-corrected chi connectivity index (χ1v) is 7.76. The van der Waals surface area contributed by atoms with Crippen molar-refractivity contribution < 1.29 is 18.7 Å². The van der Waals surface area contributed by atoms with Crippen LogP contribution in [0.15, 0.2) is 24.3 Å². The number of methoxy groups -OCH3 is 1. The molecule has 0 fully saturated rings. The van der Waals surface area contributed by atoms with Gasteiger partial charge in [0.1, 0.15) is 11.9 Å². The number of halogens is 1. The first-order valence-electron chi connectivity index (χ1n) is 7.76. The predicted molar refractivity (Wildman–Crippen MR) is 89.9 cm³/mol. The molecule has 24 heavy (non-hydrogen) atoms. The van der Waals surface area contributed by atoms with Crippen molar-refractivity contribution in [2.75, 3.05) is 34.3 Å². The van der Waals surface area contributed by atoms with Crippen molar-refractivity contribution >= 4 is 11.8 Å². The Kier molecular flexibility index (Phi) is 7.31. The maximum atomic E-state index is 14.0. The summed E-state index contributed by atoms with van der Waals surface area (Å²) in [7, 11) is 5.12. The van der Waals surface area contributed by atoms with Gasteiger partial charge in [0.2, 0.25) is 5.91 Å². The lowest BCUT2D eigenvalue weighted by Gasteiger charge is -2.29. The van der Waals surface area contributed by atoms with Crippen molar-refractivity contribution in [3.05, 3.63) is 35.6 Å². The molecule has 1 aromatic carbocycles. The molecule has 2 N–H and O–H groups in total. The Bertz CT molecular complexity index is 580. The lowest BCUT2D eigenvalue weighted by molar-refractivity contribution is -0.145. The molecule has 7 heteroatoms. The maximum Gasteiger partial charge on any atom is 0.257 e. The highest BCUT2D eigenvalue weighted by Gasteiger charge is 2.38. The van der Waals surface area contributed by atoms with E-state index < -0.39 is 23.4 Å². The minimum Gasteiger partial charge on any atom is -0.364 e. The van der Waals surface area contributed by atoms with Gasteiger partial charge < -0.3 is 20.3 Å². The van der Waals surface area contributed by atoms with Gasteiger partial charge in [-0.05, 0) is 34.0 Å². The van der Waals surface area contributed by atoms with Crippen molar-refractivity contribution in [3.63, 3.8) is 0 Å². The lowest BCUT2D eigenvalue weighted by Crippen LogP contribution is -2.52. The molecule has 1 aromatic rings. The average molecular weight is 339 g/mol. The summed E-state index contributed by atoms with van der Waals surface area (Å²) in [4.78, 5) is 26.5. The third-order valence-corrected chi connectivity index (χ3v) is 3.83. The molecule has 134 valence electrons. The minimum atomic E-state index is -1.52. The summed E-state index contributed by atoms with van der Waals surface area (Å²) in [5.74, 6) is -1.43. The predicted octanol–water partition coefficient (Wildman–Crippen LogP) is 0.870. The van der Waals surface area contributed by atoms with E-state index in [1.54, 1.807) is 13.0 Å².